The molecule has 0 aliphatic rings. The van der Waals surface area contributed by atoms with Crippen LogP contribution in [0.2, 0.25) is 0 Å². The van der Waals surface area contributed by atoms with E-state index in [-0.39, 0.29) is 35.7 Å². The van der Waals surface area contributed by atoms with E-state index < -0.39 is 4.92 Å². The van der Waals surface area contributed by atoms with E-state index in [0.29, 0.717) is 13.1 Å². The minimum atomic E-state index is -0.560. The number of hydrogen-bond donors (Lipinski definition) is 0. The van der Waals surface area contributed by atoms with Gasteiger partial charge in [0.2, 0.25) is 0 Å². The van der Waals surface area contributed by atoms with Crippen molar-refractivity contribution < 1.29 is 14.5 Å². The van der Waals surface area contributed by atoms with Crippen LogP contribution in [0.1, 0.15) is 0 Å². The van der Waals surface area contributed by atoms with Crippen LogP contribution >= 0.6 is 23.2 Å². The van der Waals surface area contributed by atoms with Crippen molar-refractivity contribution in [1.29, 1.82) is 0 Å². The second-order valence-corrected chi connectivity index (χ2v) is 4.53. The Morgan fingerprint density at radius 3 is 2.40 bits per heavy atom. The second kappa shape index (κ2) is 8.60. The first-order valence-electron chi connectivity index (χ1n) is 5.86. The van der Waals surface area contributed by atoms with Crippen molar-refractivity contribution >= 4 is 34.8 Å². The van der Waals surface area contributed by atoms with Gasteiger partial charge in [0.15, 0.2) is 12.4 Å². The summed E-state index contributed by atoms with van der Waals surface area (Å²) in [6, 6.07) is 5.89. The Balaban J connectivity index is 2.66. The zero-order chi connectivity index (χ0) is 15.0. The third-order valence-corrected chi connectivity index (χ3v) is 2.81. The maximum Gasteiger partial charge on any atom is 0.310 e. The second-order valence-electron chi connectivity index (χ2n) is 3.77. The number of alkyl halides is 2. The van der Waals surface area contributed by atoms with Crippen molar-refractivity contribution in [3.8, 4) is 5.75 Å². The third-order valence-electron chi connectivity index (χ3n) is 2.47. The molecule has 0 N–H and O–H groups in total. The van der Waals surface area contributed by atoms with E-state index in [9.17, 15) is 14.9 Å². The van der Waals surface area contributed by atoms with Gasteiger partial charge >= 0.3 is 5.69 Å². The maximum absolute atomic E-state index is 11.9. The fourth-order valence-electron chi connectivity index (χ4n) is 1.53. The smallest absolute Gasteiger partial charge is 0.310 e. The number of rotatable bonds is 8. The summed E-state index contributed by atoms with van der Waals surface area (Å²) in [5, 5.41) is 10.8. The number of carbonyl (C=O) groups is 1. The Morgan fingerprint density at radius 1 is 1.25 bits per heavy atom. The first-order valence-corrected chi connectivity index (χ1v) is 6.93. The molecule has 0 heterocycles. The lowest BCUT2D eigenvalue weighted by Gasteiger charge is -2.20. The molecule has 1 amide bonds. The summed E-state index contributed by atoms with van der Waals surface area (Å²) in [4.78, 5) is 23.6. The highest BCUT2D eigenvalue weighted by Gasteiger charge is 2.17. The molecule has 6 nitrogen and oxygen atoms in total. The van der Waals surface area contributed by atoms with Gasteiger partial charge in [0.05, 0.1) is 4.92 Å². The summed E-state index contributed by atoms with van der Waals surface area (Å²) >= 11 is 11.2. The van der Waals surface area contributed by atoms with E-state index in [2.05, 4.69) is 0 Å². The molecule has 0 fully saturated rings. The molecule has 1 aromatic rings. The topological polar surface area (TPSA) is 72.7 Å². The molecule has 0 aliphatic carbocycles. The van der Waals surface area contributed by atoms with Crippen molar-refractivity contribution in [2.24, 2.45) is 0 Å². The van der Waals surface area contributed by atoms with Crippen molar-refractivity contribution in [1.82, 2.24) is 4.90 Å². The van der Waals surface area contributed by atoms with Crippen LogP contribution in [0.3, 0.4) is 0 Å². The Kier molecular flexibility index (Phi) is 7.11. The van der Waals surface area contributed by atoms with Crippen LogP contribution in [0.15, 0.2) is 24.3 Å². The molecule has 0 bridgehead atoms. The van der Waals surface area contributed by atoms with Crippen LogP contribution in [-0.2, 0) is 4.79 Å². The molecule has 0 saturated heterocycles. The minimum Gasteiger partial charge on any atom is -0.477 e. The number of nitro groups is 1. The Labute approximate surface area is 126 Å². The molecule has 110 valence electrons. The third kappa shape index (κ3) is 4.86. The predicted molar refractivity (Wildman–Crippen MR) is 76.6 cm³/mol. The fourth-order valence-corrected chi connectivity index (χ4v) is 1.93. The number of benzene rings is 1. The summed E-state index contributed by atoms with van der Waals surface area (Å²) in [6.07, 6.45) is 0. The first-order chi connectivity index (χ1) is 9.60. The number of nitro benzene ring substituents is 1. The molecule has 1 rings (SSSR count). The normalized spacial score (nSPS) is 10.1. The van der Waals surface area contributed by atoms with Crippen molar-refractivity contribution in [2.45, 2.75) is 0 Å². The molecule has 0 aromatic heterocycles. The summed E-state index contributed by atoms with van der Waals surface area (Å²) in [6.45, 7) is 0.416. The number of carbonyl (C=O) groups excluding carboxylic acids is 1. The van der Waals surface area contributed by atoms with Crippen molar-refractivity contribution in [2.75, 3.05) is 31.5 Å². The zero-order valence-corrected chi connectivity index (χ0v) is 12.1. The standard InChI is InChI=1S/C12H14Cl2N2O4/c13-5-7-15(8-6-14)12(17)9-20-11-4-2-1-3-10(11)16(18)19/h1-4H,5-9H2. The fraction of sp³-hybridized carbons (Fsp3) is 0.417. The molecular formula is C12H14Cl2N2O4. The molecule has 0 aliphatic heterocycles. The quantitative estimate of drug-likeness (QED) is 0.418. The van der Waals surface area contributed by atoms with Crippen LogP contribution in [0.25, 0.3) is 0 Å². The van der Waals surface area contributed by atoms with E-state index in [1.54, 1.807) is 6.07 Å². The molecule has 0 radical (unpaired) electrons. The number of halogens is 2. The lowest BCUT2D eigenvalue weighted by atomic mass is 10.3. The number of ether oxygens (including phenoxy) is 1. The molecule has 0 atom stereocenters. The Bertz CT molecular complexity index is 465. The van der Waals surface area contributed by atoms with E-state index >= 15 is 0 Å². The lowest BCUT2D eigenvalue weighted by Crippen LogP contribution is -2.37. The highest BCUT2D eigenvalue weighted by atomic mass is 35.5. The van der Waals surface area contributed by atoms with Gasteiger partial charge in [-0.2, -0.15) is 0 Å². The average molecular weight is 321 g/mol. The molecule has 0 spiro atoms. The van der Waals surface area contributed by atoms with E-state index in [1.165, 1.54) is 23.1 Å². The van der Waals surface area contributed by atoms with Crippen LogP contribution in [-0.4, -0.2) is 47.2 Å². The summed E-state index contributed by atoms with van der Waals surface area (Å²) in [7, 11) is 0. The van der Waals surface area contributed by atoms with Gasteiger partial charge in [-0.1, -0.05) is 12.1 Å². The van der Waals surface area contributed by atoms with Gasteiger partial charge in [0.25, 0.3) is 5.91 Å². The van der Waals surface area contributed by atoms with Crippen LogP contribution in [0.5, 0.6) is 5.75 Å². The Morgan fingerprint density at radius 2 is 1.85 bits per heavy atom. The van der Waals surface area contributed by atoms with Crippen LogP contribution < -0.4 is 4.74 Å². The summed E-state index contributed by atoms with van der Waals surface area (Å²) < 4.78 is 5.21. The van der Waals surface area contributed by atoms with Crippen molar-refractivity contribution in [3.63, 3.8) is 0 Å². The molecule has 8 heteroatoms. The van der Waals surface area contributed by atoms with E-state index in [4.69, 9.17) is 27.9 Å². The highest BCUT2D eigenvalue weighted by molar-refractivity contribution is 6.18. The average Bonchev–Trinajstić information content (AvgIpc) is 2.44. The van der Waals surface area contributed by atoms with Gasteiger partial charge in [-0.15, -0.1) is 23.2 Å². The van der Waals surface area contributed by atoms with Crippen LogP contribution in [0, 0.1) is 10.1 Å². The first kappa shape index (κ1) is 16.5. The number of hydrogen-bond acceptors (Lipinski definition) is 4. The van der Waals surface area contributed by atoms with E-state index in [0.717, 1.165) is 0 Å². The molecular weight excluding hydrogens is 307 g/mol. The Hall–Kier alpha value is -1.53. The summed E-state index contributed by atoms with van der Waals surface area (Å²) in [5.74, 6) is 0.314. The zero-order valence-electron chi connectivity index (χ0n) is 10.6. The number of amides is 1. The molecule has 20 heavy (non-hydrogen) atoms. The van der Waals surface area contributed by atoms with Gasteiger partial charge in [0.1, 0.15) is 0 Å². The minimum absolute atomic E-state index is 0.0579. The molecule has 0 unspecified atom stereocenters. The molecule has 1 aromatic carbocycles. The number of para-hydroxylation sites is 2. The van der Waals surface area contributed by atoms with Gasteiger partial charge in [-0.3, -0.25) is 14.9 Å². The monoisotopic (exact) mass is 320 g/mol. The van der Waals surface area contributed by atoms with Crippen molar-refractivity contribution in [3.05, 3.63) is 34.4 Å². The maximum atomic E-state index is 11.9. The molecule has 0 saturated carbocycles. The highest BCUT2D eigenvalue weighted by Crippen LogP contribution is 2.25. The SMILES string of the molecule is O=C(COc1ccccc1[N+](=O)[O-])N(CCCl)CCCl. The predicted octanol–water partition coefficient (Wildman–Crippen LogP) is 2.28. The number of nitrogens with zero attached hydrogens (tertiary/aromatic N) is 2. The van der Waals surface area contributed by atoms with Gasteiger partial charge in [-0.25, -0.2) is 0 Å². The van der Waals surface area contributed by atoms with Gasteiger partial charge in [0, 0.05) is 30.9 Å². The van der Waals surface area contributed by atoms with Crippen LogP contribution in [0.4, 0.5) is 5.69 Å². The van der Waals surface area contributed by atoms with Gasteiger partial charge < -0.3 is 9.64 Å². The van der Waals surface area contributed by atoms with E-state index in [1.807, 2.05) is 0 Å². The van der Waals surface area contributed by atoms with Gasteiger partial charge in [-0.05, 0) is 6.07 Å². The lowest BCUT2D eigenvalue weighted by molar-refractivity contribution is -0.385. The summed E-state index contributed by atoms with van der Waals surface area (Å²) in [5.41, 5.74) is -0.179. The largest absolute Gasteiger partial charge is 0.477 e.